The summed E-state index contributed by atoms with van der Waals surface area (Å²) in [4.78, 5) is 4.12. The first kappa shape index (κ1) is 9.93. The van der Waals surface area contributed by atoms with E-state index in [9.17, 15) is 0 Å². The zero-order chi connectivity index (χ0) is 10.7. The van der Waals surface area contributed by atoms with E-state index >= 15 is 0 Å². The van der Waals surface area contributed by atoms with E-state index in [1.165, 1.54) is 0 Å². The molecule has 0 aliphatic heterocycles. The number of aromatic nitrogens is 1. The molecule has 0 aliphatic rings. The van der Waals surface area contributed by atoms with Gasteiger partial charge in [0.2, 0.25) is 5.89 Å². The molecular formula is C12H13NO2. The van der Waals surface area contributed by atoms with Crippen molar-refractivity contribution in [2.24, 2.45) is 0 Å². The SMILES string of the molecule is CC(CO)c1ccccc1-c1ncco1. The van der Waals surface area contributed by atoms with Crippen LogP contribution in [0.2, 0.25) is 0 Å². The summed E-state index contributed by atoms with van der Waals surface area (Å²) in [7, 11) is 0. The van der Waals surface area contributed by atoms with Gasteiger partial charge in [-0.15, -0.1) is 0 Å². The summed E-state index contributed by atoms with van der Waals surface area (Å²) in [5, 5.41) is 9.16. The van der Waals surface area contributed by atoms with Crippen LogP contribution in [0.1, 0.15) is 18.4 Å². The number of oxazole rings is 1. The Morgan fingerprint density at radius 1 is 1.40 bits per heavy atom. The molecule has 1 N–H and O–H groups in total. The second-order valence-electron chi connectivity index (χ2n) is 3.51. The third-order valence-corrected chi connectivity index (χ3v) is 2.43. The maximum atomic E-state index is 9.16. The smallest absolute Gasteiger partial charge is 0.226 e. The van der Waals surface area contributed by atoms with Crippen LogP contribution in [0.4, 0.5) is 0 Å². The predicted octanol–water partition coefficient (Wildman–Crippen LogP) is 2.44. The van der Waals surface area contributed by atoms with E-state index in [0.29, 0.717) is 5.89 Å². The molecule has 0 saturated carbocycles. The first-order valence-corrected chi connectivity index (χ1v) is 4.92. The van der Waals surface area contributed by atoms with E-state index in [1.54, 1.807) is 12.5 Å². The molecule has 2 aromatic rings. The molecule has 1 heterocycles. The number of benzene rings is 1. The zero-order valence-electron chi connectivity index (χ0n) is 8.55. The molecule has 0 fully saturated rings. The number of aliphatic hydroxyl groups excluding tert-OH is 1. The predicted molar refractivity (Wildman–Crippen MR) is 57.4 cm³/mol. The Balaban J connectivity index is 2.47. The van der Waals surface area contributed by atoms with E-state index < -0.39 is 0 Å². The molecule has 0 saturated heterocycles. The van der Waals surface area contributed by atoms with Crippen molar-refractivity contribution in [1.82, 2.24) is 4.98 Å². The monoisotopic (exact) mass is 203 g/mol. The van der Waals surface area contributed by atoms with Crippen LogP contribution in [0.25, 0.3) is 11.5 Å². The molecule has 0 spiro atoms. The lowest BCUT2D eigenvalue weighted by Gasteiger charge is -2.11. The van der Waals surface area contributed by atoms with Gasteiger partial charge in [-0.3, -0.25) is 0 Å². The molecular weight excluding hydrogens is 190 g/mol. The molecule has 0 radical (unpaired) electrons. The highest BCUT2D eigenvalue weighted by atomic mass is 16.3. The Hall–Kier alpha value is -1.61. The van der Waals surface area contributed by atoms with Gasteiger partial charge in [-0.05, 0) is 11.6 Å². The van der Waals surface area contributed by atoms with Crippen molar-refractivity contribution in [3.05, 3.63) is 42.3 Å². The summed E-state index contributed by atoms with van der Waals surface area (Å²) in [6, 6.07) is 7.83. The fourth-order valence-electron chi connectivity index (χ4n) is 1.58. The summed E-state index contributed by atoms with van der Waals surface area (Å²) in [5.41, 5.74) is 2.01. The molecule has 0 aliphatic carbocycles. The van der Waals surface area contributed by atoms with Crippen LogP contribution in [0, 0.1) is 0 Å². The molecule has 3 heteroatoms. The molecule has 3 nitrogen and oxygen atoms in total. The van der Waals surface area contributed by atoms with Crippen LogP contribution in [-0.2, 0) is 0 Å². The van der Waals surface area contributed by atoms with E-state index in [-0.39, 0.29) is 12.5 Å². The van der Waals surface area contributed by atoms with Gasteiger partial charge in [0.15, 0.2) is 0 Å². The number of aliphatic hydroxyl groups is 1. The maximum absolute atomic E-state index is 9.16. The van der Waals surface area contributed by atoms with E-state index in [2.05, 4.69) is 4.98 Å². The molecule has 1 atom stereocenters. The van der Waals surface area contributed by atoms with Crippen LogP contribution in [0.15, 0.2) is 41.1 Å². The lowest BCUT2D eigenvalue weighted by molar-refractivity contribution is 0.273. The van der Waals surface area contributed by atoms with Gasteiger partial charge < -0.3 is 9.52 Å². The Kier molecular flexibility index (Phi) is 2.83. The average Bonchev–Trinajstić information content (AvgIpc) is 2.81. The minimum absolute atomic E-state index is 0.0908. The lowest BCUT2D eigenvalue weighted by Crippen LogP contribution is -2.00. The summed E-state index contributed by atoms with van der Waals surface area (Å²) in [6.07, 6.45) is 3.17. The van der Waals surface area contributed by atoms with Crippen LogP contribution in [0.3, 0.4) is 0 Å². The van der Waals surface area contributed by atoms with Crippen molar-refractivity contribution in [2.45, 2.75) is 12.8 Å². The summed E-state index contributed by atoms with van der Waals surface area (Å²) in [5.74, 6) is 0.694. The second kappa shape index (κ2) is 4.28. The van der Waals surface area contributed by atoms with Crippen molar-refractivity contribution in [3.63, 3.8) is 0 Å². The molecule has 0 amide bonds. The highest BCUT2D eigenvalue weighted by Gasteiger charge is 2.12. The fraction of sp³-hybridized carbons (Fsp3) is 0.250. The van der Waals surface area contributed by atoms with Crippen molar-refractivity contribution in [1.29, 1.82) is 0 Å². The Bertz CT molecular complexity index is 423. The third kappa shape index (κ3) is 1.92. The quantitative estimate of drug-likeness (QED) is 0.833. The third-order valence-electron chi connectivity index (χ3n) is 2.43. The van der Waals surface area contributed by atoms with Crippen LogP contribution in [0.5, 0.6) is 0 Å². The van der Waals surface area contributed by atoms with Gasteiger partial charge >= 0.3 is 0 Å². The molecule has 0 bridgehead atoms. The normalized spacial score (nSPS) is 12.7. The average molecular weight is 203 g/mol. The number of nitrogens with zero attached hydrogens (tertiary/aromatic N) is 1. The summed E-state index contributed by atoms with van der Waals surface area (Å²) < 4.78 is 5.26. The van der Waals surface area contributed by atoms with Crippen LogP contribution >= 0.6 is 0 Å². The fourth-order valence-corrected chi connectivity index (χ4v) is 1.58. The molecule has 15 heavy (non-hydrogen) atoms. The van der Waals surface area contributed by atoms with Gasteiger partial charge in [-0.1, -0.05) is 25.1 Å². The van der Waals surface area contributed by atoms with Gasteiger partial charge in [-0.25, -0.2) is 4.98 Å². The molecule has 2 rings (SSSR count). The largest absolute Gasteiger partial charge is 0.445 e. The van der Waals surface area contributed by atoms with Crippen LogP contribution < -0.4 is 0 Å². The molecule has 1 aromatic heterocycles. The Morgan fingerprint density at radius 3 is 2.87 bits per heavy atom. The van der Waals surface area contributed by atoms with Gasteiger partial charge in [0.1, 0.15) is 6.26 Å². The molecule has 78 valence electrons. The minimum atomic E-state index is 0.0908. The van der Waals surface area contributed by atoms with Gasteiger partial charge in [0.25, 0.3) is 0 Å². The highest BCUT2D eigenvalue weighted by molar-refractivity contribution is 5.59. The molecule has 1 unspecified atom stereocenters. The first-order valence-electron chi connectivity index (χ1n) is 4.92. The number of rotatable bonds is 3. The summed E-state index contributed by atoms with van der Waals surface area (Å²) in [6.45, 7) is 2.10. The molecule has 1 aromatic carbocycles. The first-order chi connectivity index (χ1) is 7.33. The standard InChI is InChI=1S/C12H13NO2/c1-9(8-14)10-4-2-3-5-11(10)12-13-6-7-15-12/h2-7,9,14H,8H2,1H3. The van der Waals surface area contributed by atoms with Gasteiger partial charge in [0.05, 0.1) is 6.20 Å². The number of hydrogen-bond acceptors (Lipinski definition) is 3. The van der Waals surface area contributed by atoms with Crippen molar-refractivity contribution in [2.75, 3.05) is 6.61 Å². The van der Waals surface area contributed by atoms with Crippen LogP contribution in [-0.4, -0.2) is 16.7 Å². The zero-order valence-corrected chi connectivity index (χ0v) is 8.55. The lowest BCUT2D eigenvalue weighted by atomic mass is 9.96. The van der Waals surface area contributed by atoms with Gasteiger partial charge in [0, 0.05) is 18.1 Å². The second-order valence-corrected chi connectivity index (χ2v) is 3.51. The topological polar surface area (TPSA) is 46.3 Å². The van der Waals surface area contributed by atoms with Gasteiger partial charge in [-0.2, -0.15) is 0 Å². The van der Waals surface area contributed by atoms with E-state index in [0.717, 1.165) is 11.1 Å². The summed E-state index contributed by atoms with van der Waals surface area (Å²) >= 11 is 0. The van der Waals surface area contributed by atoms with Crippen molar-refractivity contribution in [3.8, 4) is 11.5 Å². The van der Waals surface area contributed by atoms with Crippen molar-refractivity contribution >= 4 is 0 Å². The van der Waals surface area contributed by atoms with E-state index in [1.807, 2.05) is 31.2 Å². The Morgan fingerprint density at radius 2 is 2.20 bits per heavy atom. The minimum Gasteiger partial charge on any atom is -0.445 e. The highest BCUT2D eigenvalue weighted by Crippen LogP contribution is 2.27. The number of hydrogen-bond donors (Lipinski definition) is 1. The van der Waals surface area contributed by atoms with Crippen molar-refractivity contribution < 1.29 is 9.52 Å². The Labute approximate surface area is 88.4 Å². The van der Waals surface area contributed by atoms with E-state index in [4.69, 9.17) is 9.52 Å². The maximum Gasteiger partial charge on any atom is 0.226 e.